The van der Waals surface area contributed by atoms with E-state index in [1.807, 2.05) is 0 Å². The van der Waals surface area contributed by atoms with Gasteiger partial charge in [-0.3, -0.25) is 9.59 Å². The number of ether oxygens (including phenoxy) is 1. The Labute approximate surface area is 56.8 Å². The number of carbonyl (C=O) groups is 2. The highest BCUT2D eigenvalue weighted by atomic mass is 16.5. The maximum absolute atomic E-state index is 10.8. The van der Waals surface area contributed by atoms with E-state index in [9.17, 15) is 9.59 Å². The predicted molar refractivity (Wildman–Crippen MR) is 31.0 cm³/mol. The van der Waals surface area contributed by atoms with Gasteiger partial charge >= 0.3 is 0 Å². The van der Waals surface area contributed by atoms with Crippen LogP contribution in [0.5, 0.6) is 0 Å². The lowest BCUT2D eigenvalue weighted by Gasteiger charge is -1.99. The molecule has 52 valence electrons. The first kappa shape index (κ1) is 5.46. The molecule has 0 saturated carbocycles. The first-order valence-corrected chi connectivity index (χ1v) is 2.96. The molecule has 0 spiro atoms. The van der Waals surface area contributed by atoms with Crippen LogP contribution in [-0.2, 0) is 14.3 Å². The summed E-state index contributed by atoms with van der Waals surface area (Å²) in [6.07, 6.45) is 1.35. The van der Waals surface area contributed by atoms with Gasteiger partial charge in [0.15, 0.2) is 0 Å². The summed E-state index contributed by atoms with van der Waals surface area (Å²) in [5.74, 6) is -0.970. The number of amides is 1. The predicted octanol–water partition coefficient (Wildman–Crippen LogP) is -1.03. The molecule has 1 unspecified atom stereocenters. The van der Waals surface area contributed by atoms with Crippen molar-refractivity contribution in [3.63, 3.8) is 0 Å². The zero-order chi connectivity index (χ0) is 7.14. The molecule has 0 aliphatic carbocycles. The summed E-state index contributed by atoms with van der Waals surface area (Å²) in [5.41, 5.74) is 0.463. The van der Waals surface area contributed by atoms with Gasteiger partial charge in [0.1, 0.15) is 6.61 Å². The Hall–Kier alpha value is -1.32. The molecule has 1 saturated heterocycles. The SMILES string of the molecule is O=C1NC2COC=C2C1=O. The van der Waals surface area contributed by atoms with E-state index in [0.29, 0.717) is 12.2 Å². The molecule has 0 radical (unpaired) electrons. The molecule has 1 N–H and O–H groups in total. The highest BCUT2D eigenvalue weighted by molar-refractivity contribution is 6.45. The molecule has 1 fully saturated rings. The molecular weight excluding hydrogens is 134 g/mol. The molecule has 0 aromatic rings. The average Bonchev–Trinajstić information content (AvgIpc) is 2.41. The quantitative estimate of drug-likeness (QED) is 0.436. The van der Waals surface area contributed by atoms with E-state index in [-0.39, 0.29) is 6.04 Å². The van der Waals surface area contributed by atoms with Crippen LogP contribution >= 0.6 is 0 Å². The van der Waals surface area contributed by atoms with Crippen molar-refractivity contribution in [1.29, 1.82) is 0 Å². The minimum atomic E-state index is -0.514. The van der Waals surface area contributed by atoms with Gasteiger partial charge in [-0.25, -0.2) is 0 Å². The minimum Gasteiger partial charge on any atom is -0.498 e. The molecule has 4 nitrogen and oxygen atoms in total. The Morgan fingerprint density at radius 1 is 1.60 bits per heavy atom. The third-order valence-electron chi connectivity index (χ3n) is 1.62. The van der Waals surface area contributed by atoms with Gasteiger partial charge in [0.2, 0.25) is 0 Å². The second-order valence-corrected chi connectivity index (χ2v) is 2.26. The topological polar surface area (TPSA) is 55.4 Å². The first-order valence-electron chi connectivity index (χ1n) is 2.96. The van der Waals surface area contributed by atoms with E-state index in [1.165, 1.54) is 6.26 Å². The fraction of sp³-hybridized carbons (Fsp3) is 0.333. The van der Waals surface area contributed by atoms with Crippen LogP contribution in [0.25, 0.3) is 0 Å². The maximum atomic E-state index is 10.8. The summed E-state index contributed by atoms with van der Waals surface area (Å²) >= 11 is 0. The molecule has 1 amide bonds. The fourth-order valence-corrected chi connectivity index (χ4v) is 1.09. The number of hydrogen-bond acceptors (Lipinski definition) is 3. The Bertz CT molecular complexity index is 243. The summed E-state index contributed by atoms with van der Waals surface area (Å²) in [7, 11) is 0. The highest BCUT2D eigenvalue weighted by Gasteiger charge is 2.38. The zero-order valence-corrected chi connectivity index (χ0v) is 5.09. The van der Waals surface area contributed by atoms with Crippen molar-refractivity contribution in [3.8, 4) is 0 Å². The van der Waals surface area contributed by atoms with Crippen LogP contribution in [0.2, 0.25) is 0 Å². The van der Waals surface area contributed by atoms with Crippen molar-refractivity contribution in [2.75, 3.05) is 6.61 Å². The van der Waals surface area contributed by atoms with Gasteiger partial charge in [-0.1, -0.05) is 0 Å². The molecule has 2 heterocycles. The summed E-state index contributed by atoms with van der Waals surface area (Å²) in [4.78, 5) is 21.5. The number of carbonyl (C=O) groups excluding carboxylic acids is 2. The zero-order valence-electron chi connectivity index (χ0n) is 5.09. The number of Topliss-reactive ketones (excluding diaryl/α,β-unsaturated/α-hetero) is 1. The lowest BCUT2D eigenvalue weighted by molar-refractivity contribution is -0.133. The van der Waals surface area contributed by atoms with Gasteiger partial charge in [-0.15, -0.1) is 0 Å². The van der Waals surface area contributed by atoms with Crippen molar-refractivity contribution < 1.29 is 14.3 Å². The van der Waals surface area contributed by atoms with Gasteiger partial charge in [0, 0.05) is 0 Å². The van der Waals surface area contributed by atoms with Crippen molar-refractivity contribution in [2.24, 2.45) is 0 Å². The van der Waals surface area contributed by atoms with Crippen LogP contribution in [0.4, 0.5) is 0 Å². The molecular formula is C6H5NO3. The molecule has 4 heteroatoms. The molecule has 1 atom stereocenters. The van der Waals surface area contributed by atoms with Crippen LogP contribution in [0, 0.1) is 0 Å². The Kier molecular flexibility index (Phi) is 0.869. The van der Waals surface area contributed by atoms with Crippen LogP contribution in [0.15, 0.2) is 11.8 Å². The lowest BCUT2D eigenvalue weighted by Crippen LogP contribution is -2.28. The monoisotopic (exact) mass is 139 g/mol. The van der Waals surface area contributed by atoms with Crippen molar-refractivity contribution in [1.82, 2.24) is 5.32 Å². The largest absolute Gasteiger partial charge is 0.498 e. The fourth-order valence-electron chi connectivity index (χ4n) is 1.09. The first-order chi connectivity index (χ1) is 4.79. The van der Waals surface area contributed by atoms with Crippen molar-refractivity contribution in [2.45, 2.75) is 6.04 Å². The summed E-state index contributed by atoms with van der Waals surface area (Å²) < 4.78 is 4.83. The normalized spacial score (nSPS) is 29.2. The van der Waals surface area contributed by atoms with E-state index < -0.39 is 11.7 Å². The molecule has 0 aromatic heterocycles. The third-order valence-corrected chi connectivity index (χ3v) is 1.62. The number of fused-ring (bicyclic) bond motifs is 1. The van der Waals surface area contributed by atoms with Gasteiger partial charge in [0.25, 0.3) is 11.7 Å². The number of rotatable bonds is 0. The van der Waals surface area contributed by atoms with Gasteiger partial charge < -0.3 is 10.1 Å². The number of ketones is 1. The van der Waals surface area contributed by atoms with E-state index >= 15 is 0 Å². The summed E-state index contributed by atoms with van der Waals surface area (Å²) in [6.45, 7) is 0.396. The number of hydrogen-bond donors (Lipinski definition) is 1. The molecule has 2 aliphatic heterocycles. The molecule has 2 rings (SSSR count). The maximum Gasteiger partial charge on any atom is 0.292 e. The van der Waals surface area contributed by atoms with Gasteiger partial charge in [-0.05, 0) is 0 Å². The van der Waals surface area contributed by atoms with Crippen LogP contribution in [0.3, 0.4) is 0 Å². The van der Waals surface area contributed by atoms with Crippen LogP contribution in [-0.4, -0.2) is 24.3 Å². The lowest BCUT2D eigenvalue weighted by atomic mass is 10.1. The second kappa shape index (κ2) is 1.59. The van der Waals surface area contributed by atoms with E-state index in [4.69, 9.17) is 4.74 Å². The summed E-state index contributed by atoms with van der Waals surface area (Å²) in [6, 6.07) is -0.181. The van der Waals surface area contributed by atoms with Crippen molar-refractivity contribution >= 4 is 11.7 Å². The summed E-state index contributed by atoms with van der Waals surface area (Å²) in [5, 5.41) is 2.48. The van der Waals surface area contributed by atoms with Crippen LogP contribution < -0.4 is 5.32 Å². The minimum absolute atomic E-state index is 0.181. The van der Waals surface area contributed by atoms with Crippen molar-refractivity contribution in [3.05, 3.63) is 11.8 Å². The Morgan fingerprint density at radius 2 is 2.40 bits per heavy atom. The smallest absolute Gasteiger partial charge is 0.292 e. The van der Waals surface area contributed by atoms with E-state index in [2.05, 4.69) is 5.32 Å². The Balaban J connectivity index is 2.39. The molecule has 0 aromatic carbocycles. The second-order valence-electron chi connectivity index (χ2n) is 2.26. The Morgan fingerprint density at radius 3 is 3.10 bits per heavy atom. The highest BCUT2D eigenvalue weighted by Crippen LogP contribution is 2.17. The average molecular weight is 139 g/mol. The molecule has 0 bridgehead atoms. The molecule has 2 aliphatic rings. The number of nitrogens with one attached hydrogen (secondary N) is 1. The van der Waals surface area contributed by atoms with Gasteiger partial charge in [0.05, 0.1) is 17.9 Å². The molecule has 10 heavy (non-hydrogen) atoms. The third kappa shape index (κ3) is 0.504. The standard InChI is InChI=1S/C6H5NO3/c8-5-3-1-10-2-4(3)7-6(5)9/h1,4H,2H2,(H,7,9). The van der Waals surface area contributed by atoms with Gasteiger partial charge in [-0.2, -0.15) is 0 Å². The van der Waals surface area contributed by atoms with Crippen LogP contribution in [0.1, 0.15) is 0 Å². The van der Waals surface area contributed by atoms with E-state index in [1.54, 1.807) is 0 Å². The van der Waals surface area contributed by atoms with E-state index in [0.717, 1.165) is 0 Å².